The van der Waals surface area contributed by atoms with Crippen molar-refractivity contribution in [1.82, 2.24) is 44.8 Å². The molecule has 60 heavy (non-hydrogen) atoms. The maximum Gasteiger partial charge on any atom is 0.328 e. The zero-order valence-corrected chi connectivity index (χ0v) is 34.5. The molecule has 6 rings (SSSR count). The van der Waals surface area contributed by atoms with Gasteiger partial charge < -0.3 is 55.5 Å². The summed E-state index contributed by atoms with van der Waals surface area (Å²) >= 11 is 11.9. The van der Waals surface area contributed by atoms with Crippen LogP contribution in [0.25, 0.3) is 22.1 Å². The van der Waals surface area contributed by atoms with Crippen LogP contribution in [0.15, 0.2) is 53.6 Å². The lowest BCUT2D eigenvalue weighted by molar-refractivity contribution is 0.0137. The minimum absolute atomic E-state index is 0.116. The number of nitrogens with zero attached hydrogens (tertiary/aromatic N) is 7. The quantitative estimate of drug-likeness (QED) is 0.0455. The number of methoxy groups -OCH3 is 1. The Labute approximate surface area is 353 Å². The summed E-state index contributed by atoms with van der Waals surface area (Å²) in [6, 6.07) is 10.1. The lowest BCUT2D eigenvalue weighted by Gasteiger charge is -2.14. The minimum Gasteiger partial charge on any atom is -0.496 e. The van der Waals surface area contributed by atoms with E-state index in [0.717, 1.165) is 12.8 Å². The monoisotopic (exact) mass is 864 g/mol. The van der Waals surface area contributed by atoms with Crippen molar-refractivity contribution in [3.63, 3.8) is 0 Å². The number of nitrogen functional groups attached to an aromatic ring is 1. The molecule has 0 atom stereocenters. The number of benzene rings is 2. The molecule has 22 heteroatoms. The van der Waals surface area contributed by atoms with Gasteiger partial charge in [-0.3, -0.25) is 14.3 Å². The maximum atomic E-state index is 12.7. The first-order valence-electron chi connectivity index (χ1n) is 18.9. The lowest BCUT2D eigenvalue weighted by Crippen LogP contribution is -2.31. The fraction of sp³-hybridized carbons (Fsp3) is 0.368. The summed E-state index contributed by atoms with van der Waals surface area (Å²) in [5.41, 5.74) is 13.8. The SMILES string of the molecule is CCCCOc1nc(N)c2[nH]c(=O)n(Cc3cn(CCOCCOCCOCCNC(=S)Nc4ccc(Oc5ccnc6cc(OC)c(C(N)=O)cc56)cc4Cl)nn3)c2n1. The number of nitrogens with two attached hydrogens (primary N) is 2. The van der Waals surface area contributed by atoms with Crippen molar-refractivity contribution in [2.75, 3.05) is 71.0 Å². The Bertz CT molecular complexity index is 2480. The first-order chi connectivity index (χ1) is 29.1. The highest BCUT2D eigenvalue weighted by Gasteiger charge is 2.17. The van der Waals surface area contributed by atoms with Crippen molar-refractivity contribution in [2.45, 2.75) is 32.9 Å². The molecule has 0 fully saturated rings. The van der Waals surface area contributed by atoms with Crippen LogP contribution in [-0.2, 0) is 27.3 Å². The summed E-state index contributed by atoms with van der Waals surface area (Å²) in [6.45, 7) is 5.92. The zero-order valence-electron chi connectivity index (χ0n) is 32.9. The number of halogens is 1. The zero-order chi connectivity index (χ0) is 42.4. The second-order valence-electron chi connectivity index (χ2n) is 13.0. The number of aromatic nitrogens is 8. The van der Waals surface area contributed by atoms with E-state index in [1.54, 1.807) is 53.5 Å². The van der Waals surface area contributed by atoms with E-state index in [4.69, 9.17) is 63.7 Å². The van der Waals surface area contributed by atoms with E-state index >= 15 is 0 Å². The Morgan fingerprint density at radius 2 is 1.78 bits per heavy atom. The number of amides is 1. The Morgan fingerprint density at radius 1 is 1.00 bits per heavy atom. The van der Waals surface area contributed by atoms with Gasteiger partial charge in [-0.25, -0.2) is 9.48 Å². The largest absolute Gasteiger partial charge is 0.496 e. The third kappa shape index (κ3) is 11.5. The number of carbonyl (C=O) groups excluding carboxylic acids is 1. The van der Waals surface area contributed by atoms with Gasteiger partial charge in [0.05, 0.1) is 94.4 Å². The number of hydrogen-bond donors (Lipinski definition) is 5. The van der Waals surface area contributed by atoms with Crippen molar-refractivity contribution in [3.05, 3.63) is 75.6 Å². The molecule has 0 saturated carbocycles. The topological polar surface area (TPSA) is 256 Å². The molecule has 0 radical (unpaired) electrons. The van der Waals surface area contributed by atoms with Gasteiger partial charge in [0.1, 0.15) is 28.5 Å². The van der Waals surface area contributed by atoms with E-state index in [0.29, 0.717) is 120 Å². The van der Waals surface area contributed by atoms with Gasteiger partial charge in [0.2, 0.25) is 0 Å². The lowest BCUT2D eigenvalue weighted by atomic mass is 10.1. The number of ether oxygens (including phenoxy) is 6. The third-order valence-electron chi connectivity index (χ3n) is 8.71. The van der Waals surface area contributed by atoms with Gasteiger partial charge in [0.15, 0.2) is 16.6 Å². The predicted molar refractivity (Wildman–Crippen MR) is 227 cm³/mol. The van der Waals surface area contributed by atoms with Gasteiger partial charge in [-0.1, -0.05) is 30.2 Å². The molecule has 0 aliphatic heterocycles. The Kier molecular flexibility index (Phi) is 15.4. The molecule has 7 N–H and O–H groups in total. The van der Waals surface area contributed by atoms with Gasteiger partial charge in [-0.2, -0.15) is 9.97 Å². The van der Waals surface area contributed by atoms with Crippen molar-refractivity contribution in [1.29, 1.82) is 0 Å². The molecule has 0 aliphatic carbocycles. The summed E-state index contributed by atoms with van der Waals surface area (Å²) in [4.78, 5) is 40.2. The number of nitrogens with one attached hydrogen (secondary N) is 3. The minimum atomic E-state index is -0.632. The Hall–Kier alpha value is -6.13. The smallest absolute Gasteiger partial charge is 0.328 e. The fourth-order valence-corrected chi connectivity index (χ4v) is 6.15. The number of fused-ring (bicyclic) bond motifs is 2. The summed E-state index contributed by atoms with van der Waals surface area (Å²) < 4.78 is 36.9. The van der Waals surface area contributed by atoms with Gasteiger partial charge in [-0.05, 0) is 42.9 Å². The number of anilines is 2. The molecule has 0 saturated heterocycles. The predicted octanol–water partition coefficient (Wildman–Crippen LogP) is 3.66. The number of primary amides is 1. The highest BCUT2D eigenvalue weighted by Crippen LogP contribution is 2.35. The molecule has 0 aliphatic rings. The molecular formula is C38H45ClN12O8S. The van der Waals surface area contributed by atoms with Gasteiger partial charge in [0.25, 0.3) is 5.91 Å². The van der Waals surface area contributed by atoms with Crippen molar-refractivity contribution < 1.29 is 33.2 Å². The van der Waals surface area contributed by atoms with Crippen LogP contribution in [0.3, 0.4) is 0 Å². The van der Waals surface area contributed by atoms with E-state index in [-0.39, 0.29) is 23.9 Å². The molecule has 0 bridgehead atoms. The number of aromatic amines is 1. The maximum absolute atomic E-state index is 12.7. The van der Waals surface area contributed by atoms with E-state index in [2.05, 4.69) is 47.8 Å². The molecular weight excluding hydrogens is 820 g/mol. The molecule has 20 nitrogen and oxygen atoms in total. The van der Waals surface area contributed by atoms with Crippen molar-refractivity contribution in [2.24, 2.45) is 5.73 Å². The number of H-pyrrole nitrogens is 1. The van der Waals surface area contributed by atoms with E-state index in [1.165, 1.54) is 11.7 Å². The Balaban J connectivity index is 0.824. The molecule has 6 aromatic rings. The van der Waals surface area contributed by atoms with Crippen LogP contribution in [0.2, 0.25) is 5.02 Å². The number of hydrogen-bond acceptors (Lipinski definition) is 15. The second-order valence-corrected chi connectivity index (χ2v) is 13.8. The van der Waals surface area contributed by atoms with E-state index < -0.39 is 11.6 Å². The normalized spacial score (nSPS) is 11.2. The van der Waals surface area contributed by atoms with Gasteiger partial charge >= 0.3 is 11.7 Å². The van der Waals surface area contributed by atoms with Crippen LogP contribution < -0.4 is 42.0 Å². The number of unbranched alkanes of at least 4 members (excludes halogenated alkanes) is 1. The first kappa shape index (κ1) is 43.4. The molecule has 2 aromatic carbocycles. The number of rotatable bonds is 23. The average Bonchev–Trinajstić information content (AvgIpc) is 3.82. The number of imidazole rings is 1. The highest BCUT2D eigenvalue weighted by molar-refractivity contribution is 7.80. The molecule has 4 heterocycles. The van der Waals surface area contributed by atoms with Crippen LogP contribution in [0, 0.1) is 0 Å². The highest BCUT2D eigenvalue weighted by atomic mass is 35.5. The van der Waals surface area contributed by atoms with Gasteiger partial charge in [-0.15, -0.1) is 5.10 Å². The number of pyridine rings is 1. The van der Waals surface area contributed by atoms with Crippen LogP contribution in [0.5, 0.6) is 23.3 Å². The van der Waals surface area contributed by atoms with E-state index in [1.807, 2.05) is 0 Å². The number of carbonyl (C=O) groups is 1. The summed E-state index contributed by atoms with van der Waals surface area (Å²) in [5.74, 6) is 0.740. The van der Waals surface area contributed by atoms with Crippen LogP contribution >= 0.6 is 23.8 Å². The molecule has 318 valence electrons. The second kappa shape index (κ2) is 21.2. The van der Waals surface area contributed by atoms with Crippen molar-refractivity contribution >= 4 is 68.4 Å². The Morgan fingerprint density at radius 3 is 2.53 bits per heavy atom. The third-order valence-corrected chi connectivity index (χ3v) is 9.27. The molecule has 4 aromatic heterocycles. The molecule has 0 unspecified atom stereocenters. The van der Waals surface area contributed by atoms with Crippen LogP contribution in [0.4, 0.5) is 11.5 Å². The van der Waals surface area contributed by atoms with Crippen molar-refractivity contribution in [3.8, 4) is 23.3 Å². The average molecular weight is 865 g/mol. The van der Waals surface area contributed by atoms with E-state index in [9.17, 15) is 9.59 Å². The standard InChI is InChI=1S/C38H45ClN12O8S/c1-3-4-11-58-36-46-33(40)32-35(47-36)51(38(53)45-32)22-23-21-50(49-48-23)10-13-56-15-17-57-16-14-55-12-9-43-37(60)44-28-6-5-24(18-27(28)39)59-30-7-8-42-29-20-31(54-2)26(34(41)52)19-25(29)30/h5-8,18-21H,3-4,9-17,22H2,1-2H3,(H2,41,52)(H,45,53)(H2,40,46,47)(H2,43,44,60). The molecule has 1 amide bonds. The fourth-order valence-electron chi connectivity index (χ4n) is 5.72. The molecule has 0 spiro atoms. The number of thiocarbonyl (C=S) groups is 1. The summed E-state index contributed by atoms with van der Waals surface area (Å²) in [7, 11) is 1.45. The van der Waals surface area contributed by atoms with Crippen LogP contribution in [0.1, 0.15) is 35.8 Å². The van der Waals surface area contributed by atoms with Gasteiger partial charge in [0, 0.05) is 30.3 Å². The summed E-state index contributed by atoms with van der Waals surface area (Å²) in [6.07, 6.45) is 5.13. The summed E-state index contributed by atoms with van der Waals surface area (Å²) in [5, 5.41) is 15.8. The van der Waals surface area contributed by atoms with Crippen LogP contribution in [-0.4, -0.2) is 110 Å². The first-order valence-corrected chi connectivity index (χ1v) is 19.7.